The lowest BCUT2D eigenvalue weighted by atomic mass is 9.85. The number of aromatic carboxylic acids is 1. The zero-order valence-corrected chi connectivity index (χ0v) is 11.8. The molecule has 1 aromatic rings. The van der Waals surface area contributed by atoms with Crippen molar-refractivity contribution in [1.82, 2.24) is 4.98 Å². The Morgan fingerprint density at radius 2 is 2.14 bits per heavy atom. The summed E-state index contributed by atoms with van der Waals surface area (Å²) in [6, 6.07) is 1.26. The van der Waals surface area contributed by atoms with Gasteiger partial charge in [0.15, 0.2) is 0 Å². The van der Waals surface area contributed by atoms with Gasteiger partial charge in [-0.2, -0.15) is 0 Å². The van der Waals surface area contributed by atoms with Crippen molar-refractivity contribution in [3.63, 3.8) is 0 Å². The molecule has 0 aliphatic heterocycles. The van der Waals surface area contributed by atoms with Crippen LogP contribution in [0.5, 0.6) is 0 Å². The predicted octanol–water partition coefficient (Wildman–Crippen LogP) is 2.93. The molecule has 5 nitrogen and oxygen atoms in total. The lowest BCUT2D eigenvalue weighted by Crippen LogP contribution is -2.23. The van der Waals surface area contributed by atoms with E-state index in [0.717, 1.165) is 19.0 Å². The number of halogens is 2. The number of nitrogens with zero attached hydrogens (tertiary/aromatic N) is 1. The van der Waals surface area contributed by atoms with Gasteiger partial charge in [-0.25, -0.2) is 13.6 Å². The summed E-state index contributed by atoms with van der Waals surface area (Å²) in [7, 11) is 0. The zero-order chi connectivity index (χ0) is 16.0. The molecule has 7 heteroatoms. The molecule has 2 fully saturated rings. The van der Waals surface area contributed by atoms with E-state index in [2.05, 4.69) is 10.3 Å². The number of hydrogen-bond donors (Lipinski definition) is 2. The van der Waals surface area contributed by atoms with Crippen LogP contribution >= 0.6 is 0 Å². The first kappa shape index (κ1) is 14.9. The van der Waals surface area contributed by atoms with Gasteiger partial charge >= 0.3 is 5.97 Å². The van der Waals surface area contributed by atoms with E-state index in [1.165, 1.54) is 12.3 Å². The number of rotatable bonds is 4. The quantitative estimate of drug-likeness (QED) is 0.896. The molecule has 2 N–H and O–H groups in total. The number of carbonyl (C=O) groups is 2. The standard InChI is InChI=1S/C15H16F2N2O3/c16-15(17)11-3-1-2-4-14(11,15)6-12(20)19-10-5-9(13(21)22)7-18-8-10/h5,7-8,11H,1-4,6H2,(H,19,20)(H,21,22). The Bertz CT molecular complexity index is 635. The number of pyridine rings is 1. The van der Waals surface area contributed by atoms with Gasteiger partial charge in [-0.3, -0.25) is 9.78 Å². The Labute approximate surface area is 125 Å². The first-order valence-electron chi connectivity index (χ1n) is 7.23. The number of carboxylic acids is 1. The Morgan fingerprint density at radius 1 is 1.36 bits per heavy atom. The van der Waals surface area contributed by atoms with E-state index in [0.29, 0.717) is 12.8 Å². The molecule has 1 heterocycles. The highest BCUT2D eigenvalue weighted by molar-refractivity contribution is 5.94. The Balaban J connectivity index is 1.69. The number of nitrogens with one attached hydrogen (secondary N) is 1. The van der Waals surface area contributed by atoms with E-state index in [-0.39, 0.29) is 17.7 Å². The lowest BCUT2D eigenvalue weighted by molar-refractivity contribution is -0.118. The lowest BCUT2D eigenvalue weighted by Gasteiger charge is -2.19. The fourth-order valence-electron chi connectivity index (χ4n) is 3.63. The predicted molar refractivity (Wildman–Crippen MR) is 73.8 cm³/mol. The molecule has 2 saturated carbocycles. The summed E-state index contributed by atoms with van der Waals surface area (Å²) in [6.45, 7) is 0. The second kappa shape index (κ2) is 5.00. The molecule has 1 aromatic heterocycles. The summed E-state index contributed by atoms with van der Waals surface area (Å²) in [6.07, 6.45) is 4.56. The monoisotopic (exact) mass is 310 g/mol. The molecule has 2 atom stereocenters. The normalized spacial score (nSPS) is 28.5. The van der Waals surface area contributed by atoms with Crippen LogP contribution in [0, 0.1) is 11.3 Å². The van der Waals surface area contributed by atoms with Crippen LogP contribution in [0.15, 0.2) is 18.5 Å². The third-order valence-electron chi connectivity index (χ3n) is 4.80. The highest BCUT2D eigenvalue weighted by Gasteiger charge is 2.80. The average molecular weight is 310 g/mol. The van der Waals surface area contributed by atoms with Crippen LogP contribution in [-0.2, 0) is 4.79 Å². The van der Waals surface area contributed by atoms with Gasteiger partial charge < -0.3 is 10.4 Å². The molecule has 2 aliphatic carbocycles. The first-order valence-corrected chi connectivity index (χ1v) is 7.23. The van der Waals surface area contributed by atoms with Gasteiger partial charge in [0.05, 0.1) is 22.9 Å². The molecule has 0 radical (unpaired) electrons. The van der Waals surface area contributed by atoms with Crippen molar-refractivity contribution >= 4 is 17.6 Å². The topological polar surface area (TPSA) is 79.3 Å². The minimum Gasteiger partial charge on any atom is -0.478 e. The van der Waals surface area contributed by atoms with Gasteiger partial charge in [-0.1, -0.05) is 12.8 Å². The number of fused-ring (bicyclic) bond motifs is 1. The highest BCUT2D eigenvalue weighted by atomic mass is 19.3. The third-order valence-corrected chi connectivity index (χ3v) is 4.80. The number of anilines is 1. The number of alkyl halides is 2. The van der Waals surface area contributed by atoms with Gasteiger partial charge in [0.1, 0.15) is 0 Å². The third kappa shape index (κ3) is 2.24. The van der Waals surface area contributed by atoms with Crippen LogP contribution in [0.2, 0.25) is 0 Å². The van der Waals surface area contributed by atoms with E-state index in [1.807, 2.05) is 0 Å². The molecule has 22 heavy (non-hydrogen) atoms. The summed E-state index contributed by atoms with van der Waals surface area (Å²) < 4.78 is 27.9. The first-order chi connectivity index (χ1) is 10.4. The highest BCUT2D eigenvalue weighted by Crippen LogP contribution is 2.73. The van der Waals surface area contributed by atoms with Crippen molar-refractivity contribution in [3.05, 3.63) is 24.0 Å². The molecule has 1 amide bonds. The number of amides is 1. The minimum atomic E-state index is -2.76. The van der Waals surface area contributed by atoms with Crippen LogP contribution in [0.25, 0.3) is 0 Å². The van der Waals surface area contributed by atoms with Crippen molar-refractivity contribution in [1.29, 1.82) is 0 Å². The van der Waals surface area contributed by atoms with Crippen LogP contribution in [0.3, 0.4) is 0 Å². The van der Waals surface area contributed by atoms with Gasteiger partial charge in [0, 0.05) is 18.5 Å². The Morgan fingerprint density at radius 3 is 2.82 bits per heavy atom. The van der Waals surface area contributed by atoms with E-state index in [4.69, 9.17) is 5.11 Å². The molecule has 0 saturated heterocycles. The van der Waals surface area contributed by atoms with Gasteiger partial charge in [-0.15, -0.1) is 0 Å². The summed E-state index contributed by atoms with van der Waals surface area (Å²) >= 11 is 0. The summed E-state index contributed by atoms with van der Waals surface area (Å²) in [5.74, 6) is -5.14. The molecule has 0 bridgehead atoms. The smallest absolute Gasteiger partial charge is 0.337 e. The van der Waals surface area contributed by atoms with Crippen molar-refractivity contribution in [3.8, 4) is 0 Å². The largest absolute Gasteiger partial charge is 0.478 e. The van der Waals surface area contributed by atoms with Crippen molar-refractivity contribution < 1.29 is 23.5 Å². The second-order valence-corrected chi connectivity index (χ2v) is 6.07. The second-order valence-electron chi connectivity index (χ2n) is 6.07. The molecule has 2 aliphatic rings. The maximum Gasteiger partial charge on any atom is 0.337 e. The maximum absolute atomic E-state index is 14.0. The number of hydrogen-bond acceptors (Lipinski definition) is 3. The van der Waals surface area contributed by atoms with Crippen LogP contribution < -0.4 is 5.32 Å². The average Bonchev–Trinajstić information content (AvgIpc) is 2.95. The fraction of sp³-hybridized carbons (Fsp3) is 0.533. The summed E-state index contributed by atoms with van der Waals surface area (Å²) in [5, 5.41) is 11.3. The minimum absolute atomic E-state index is 0.0664. The molecule has 3 rings (SSSR count). The molecule has 118 valence electrons. The molecule has 0 aromatic carbocycles. The Hall–Kier alpha value is -2.05. The van der Waals surface area contributed by atoms with Crippen molar-refractivity contribution in [2.45, 2.75) is 38.0 Å². The van der Waals surface area contributed by atoms with E-state index < -0.39 is 29.1 Å². The van der Waals surface area contributed by atoms with E-state index >= 15 is 0 Å². The van der Waals surface area contributed by atoms with Crippen molar-refractivity contribution in [2.24, 2.45) is 11.3 Å². The number of carboxylic acid groups (broad SMARTS) is 1. The molecular formula is C15H16F2N2O3. The van der Waals surface area contributed by atoms with Crippen LogP contribution in [0.4, 0.5) is 14.5 Å². The summed E-state index contributed by atoms with van der Waals surface area (Å²) in [5.41, 5.74) is -1.06. The molecular weight excluding hydrogens is 294 g/mol. The zero-order valence-electron chi connectivity index (χ0n) is 11.8. The summed E-state index contributed by atoms with van der Waals surface area (Å²) in [4.78, 5) is 26.6. The number of carbonyl (C=O) groups excluding carboxylic acids is 1. The van der Waals surface area contributed by atoms with E-state index in [9.17, 15) is 18.4 Å². The SMILES string of the molecule is O=C(CC12CCCCC1C2(F)F)Nc1cncc(C(=O)O)c1. The maximum atomic E-state index is 14.0. The molecule has 2 unspecified atom stereocenters. The molecule has 0 spiro atoms. The van der Waals surface area contributed by atoms with E-state index in [1.54, 1.807) is 0 Å². The number of aromatic nitrogens is 1. The van der Waals surface area contributed by atoms with Gasteiger partial charge in [0.25, 0.3) is 5.92 Å². The van der Waals surface area contributed by atoms with Gasteiger partial charge in [-0.05, 0) is 18.9 Å². The fourth-order valence-corrected chi connectivity index (χ4v) is 3.63. The van der Waals surface area contributed by atoms with Crippen LogP contribution in [0.1, 0.15) is 42.5 Å². The van der Waals surface area contributed by atoms with Crippen molar-refractivity contribution in [2.75, 3.05) is 5.32 Å². The van der Waals surface area contributed by atoms with Gasteiger partial charge in [0.2, 0.25) is 5.91 Å². The van der Waals surface area contributed by atoms with Crippen LogP contribution in [-0.4, -0.2) is 27.9 Å². The Kier molecular flexibility index (Phi) is 3.38.